The second-order valence-corrected chi connectivity index (χ2v) is 5.17. The van der Waals surface area contributed by atoms with Crippen molar-refractivity contribution in [3.63, 3.8) is 0 Å². The van der Waals surface area contributed by atoms with Gasteiger partial charge in [0.2, 0.25) is 5.91 Å². The molecule has 2 rings (SSSR count). The zero-order valence-electron chi connectivity index (χ0n) is 8.99. The van der Waals surface area contributed by atoms with Crippen molar-refractivity contribution in [3.8, 4) is 0 Å². The molecular weight excluding hydrogens is 242 g/mol. The number of amides is 1. The van der Waals surface area contributed by atoms with Crippen LogP contribution in [0.4, 0.5) is 5.69 Å². The quantitative estimate of drug-likeness (QED) is 0.774. The van der Waals surface area contributed by atoms with Crippen LogP contribution in [0.25, 0.3) is 0 Å². The Balaban J connectivity index is 2.15. The molecule has 0 radical (unpaired) electrons. The third kappa shape index (κ3) is 2.53. The van der Waals surface area contributed by atoms with Crippen molar-refractivity contribution in [2.45, 2.75) is 17.7 Å². The number of nitrogens with zero attached hydrogens (tertiary/aromatic N) is 1. The molecule has 0 bridgehead atoms. The fraction of sp³-hybridized carbons (Fsp3) is 0.417. The lowest BCUT2D eigenvalue weighted by Gasteiger charge is -2.28. The molecule has 1 aromatic carbocycles. The van der Waals surface area contributed by atoms with E-state index in [0.29, 0.717) is 12.3 Å². The molecule has 1 heterocycles. The lowest BCUT2D eigenvalue weighted by Crippen LogP contribution is -2.35. The number of hydrogen-bond donors (Lipinski definition) is 0. The predicted molar refractivity (Wildman–Crippen MR) is 69.5 cm³/mol. The van der Waals surface area contributed by atoms with Gasteiger partial charge < -0.3 is 4.90 Å². The minimum absolute atomic E-state index is 0.188. The summed E-state index contributed by atoms with van der Waals surface area (Å²) in [6.07, 6.45) is 1.30. The Labute approximate surface area is 105 Å². The average Bonchev–Trinajstić information content (AvgIpc) is 2.35. The highest BCUT2D eigenvalue weighted by molar-refractivity contribution is 7.99. The number of carbonyl (C=O) groups is 1. The first-order valence-corrected chi connectivity index (χ1v) is 6.93. The van der Waals surface area contributed by atoms with Crippen molar-refractivity contribution < 1.29 is 4.79 Å². The summed E-state index contributed by atoms with van der Waals surface area (Å²) in [7, 11) is 0. The standard InChI is InChI=1S/C12H14ClNOS/c13-7-3-6-12(15)14-8-9-16-11-5-2-1-4-10(11)14/h1-2,4-5H,3,6-9H2. The van der Waals surface area contributed by atoms with Crippen molar-refractivity contribution in [1.29, 1.82) is 0 Å². The van der Waals surface area contributed by atoms with Crippen LogP contribution in [-0.2, 0) is 4.79 Å². The smallest absolute Gasteiger partial charge is 0.227 e. The van der Waals surface area contributed by atoms with E-state index in [1.54, 1.807) is 0 Å². The van der Waals surface area contributed by atoms with E-state index in [0.717, 1.165) is 24.4 Å². The highest BCUT2D eigenvalue weighted by Crippen LogP contribution is 2.34. The first-order valence-electron chi connectivity index (χ1n) is 5.41. The fourth-order valence-electron chi connectivity index (χ4n) is 1.78. The summed E-state index contributed by atoms with van der Waals surface area (Å²) in [5, 5.41) is 0. The molecule has 2 nitrogen and oxygen atoms in total. The van der Waals surface area contributed by atoms with Gasteiger partial charge in [0, 0.05) is 29.5 Å². The van der Waals surface area contributed by atoms with Crippen LogP contribution in [0.5, 0.6) is 0 Å². The molecule has 0 unspecified atom stereocenters. The number of fused-ring (bicyclic) bond motifs is 1. The lowest BCUT2D eigenvalue weighted by atomic mass is 10.2. The first kappa shape index (κ1) is 11.8. The van der Waals surface area contributed by atoms with E-state index in [2.05, 4.69) is 6.07 Å². The molecule has 86 valence electrons. The van der Waals surface area contributed by atoms with Crippen LogP contribution in [0.15, 0.2) is 29.2 Å². The maximum absolute atomic E-state index is 12.0. The number of benzene rings is 1. The molecule has 1 aliphatic rings. The van der Waals surface area contributed by atoms with Gasteiger partial charge in [0.1, 0.15) is 0 Å². The van der Waals surface area contributed by atoms with Gasteiger partial charge in [-0.05, 0) is 18.6 Å². The van der Waals surface area contributed by atoms with E-state index >= 15 is 0 Å². The number of alkyl halides is 1. The largest absolute Gasteiger partial charge is 0.310 e. The molecule has 1 amide bonds. The van der Waals surface area contributed by atoms with Gasteiger partial charge in [0.15, 0.2) is 0 Å². The number of anilines is 1. The van der Waals surface area contributed by atoms with Gasteiger partial charge in [-0.2, -0.15) is 0 Å². The Morgan fingerprint density at radius 3 is 3.06 bits per heavy atom. The van der Waals surface area contributed by atoms with E-state index in [-0.39, 0.29) is 5.91 Å². The van der Waals surface area contributed by atoms with Crippen molar-refractivity contribution >= 4 is 35.0 Å². The third-order valence-electron chi connectivity index (χ3n) is 2.55. The molecule has 0 saturated heterocycles. The molecule has 0 aliphatic carbocycles. The molecular formula is C12H14ClNOS. The molecule has 16 heavy (non-hydrogen) atoms. The van der Waals surface area contributed by atoms with Crippen LogP contribution >= 0.6 is 23.4 Å². The van der Waals surface area contributed by atoms with Crippen LogP contribution in [-0.4, -0.2) is 24.1 Å². The number of halogens is 1. The zero-order valence-corrected chi connectivity index (χ0v) is 10.6. The summed E-state index contributed by atoms with van der Waals surface area (Å²) >= 11 is 7.42. The van der Waals surface area contributed by atoms with Gasteiger partial charge in [0.25, 0.3) is 0 Å². The molecule has 0 aromatic heterocycles. The van der Waals surface area contributed by atoms with Crippen LogP contribution < -0.4 is 4.90 Å². The van der Waals surface area contributed by atoms with E-state index in [1.807, 2.05) is 34.9 Å². The van der Waals surface area contributed by atoms with Gasteiger partial charge in [-0.1, -0.05) is 12.1 Å². The molecule has 0 atom stereocenters. The summed E-state index contributed by atoms with van der Waals surface area (Å²) in [6.45, 7) is 0.808. The van der Waals surface area contributed by atoms with Crippen molar-refractivity contribution in [2.24, 2.45) is 0 Å². The second kappa shape index (κ2) is 5.60. The van der Waals surface area contributed by atoms with Gasteiger partial charge in [-0.15, -0.1) is 23.4 Å². The van der Waals surface area contributed by atoms with Crippen LogP contribution in [0.1, 0.15) is 12.8 Å². The van der Waals surface area contributed by atoms with E-state index < -0.39 is 0 Å². The highest BCUT2D eigenvalue weighted by atomic mass is 35.5. The minimum Gasteiger partial charge on any atom is -0.310 e. The fourth-order valence-corrected chi connectivity index (χ4v) is 2.91. The molecule has 0 saturated carbocycles. The topological polar surface area (TPSA) is 20.3 Å². The van der Waals surface area contributed by atoms with E-state index in [9.17, 15) is 4.79 Å². The van der Waals surface area contributed by atoms with Crippen molar-refractivity contribution in [1.82, 2.24) is 0 Å². The van der Waals surface area contributed by atoms with Gasteiger partial charge in [-0.3, -0.25) is 4.79 Å². The maximum Gasteiger partial charge on any atom is 0.227 e. The molecule has 1 aliphatic heterocycles. The third-order valence-corrected chi connectivity index (χ3v) is 3.86. The van der Waals surface area contributed by atoms with Crippen molar-refractivity contribution in [3.05, 3.63) is 24.3 Å². The second-order valence-electron chi connectivity index (χ2n) is 3.65. The summed E-state index contributed by atoms with van der Waals surface area (Å²) in [5.74, 6) is 1.72. The lowest BCUT2D eigenvalue weighted by molar-refractivity contribution is -0.118. The average molecular weight is 256 g/mol. The molecule has 4 heteroatoms. The highest BCUT2D eigenvalue weighted by Gasteiger charge is 2.21. The number of rotatable bonds is 3. The van der Waals surface area contributed by atoms with Gasteiger partial charge in [-0.25, -0.2) is 0 Å². The number of hydrogen-bond acceptors (Lipinski definition) is 2. The minimum atomic E-state index is 0.188. The van der Waals surface area contributed by atoms with Crippen LogP contribution in [0.3, 0.4) is 0 Å². The summed E-state index contributed by atoms with van der Waals surface area (Å²) in [4.78, 5) is 15.1. The van der Waals surface area contributed by atoms with Gasteiger partial charge in [0.05, 0.1) is 5.69 Å². The van der Waals surface area contributed by atoms with E-state index in [1.165, 1.54) is 4.90 Å². The Kier molecular flexibility index (Phi) is 4.13. The number of para-hydroxylation sites is 1. The summed E-state index contributed by atoms with van der Waals surface area (Å²) in [5.41, 5.74) is 1.05. The number of thioether (sulfide) groups is 1. The SMILES string of the molecule is O=C(CCCCl)N1CCSc2ccccc21. The summed E-state index contributed by atoms with van der Waals surface area (Å²) in [6, 6.07) is 8.08. The normalized spacial score (nSPS) is 14.7. The summed E-state index contributed by atoms with van der Waals surface area (Å²) < 4.78 is 0. The van der Waals surface area contributed by atoms with Gasteiger partial charge >= 0.3 is 0 Å². The molecule has 0 spiro atoms. The Morgan fingerprint density at radius 2 is 2.25 bits per heavy atom. The van der Waals surface area contributed by atoms with Crippen LogP contribution in [0, 0.1) is 0 Å². The molecule has 0 fully saturated rings. The zero-order chi connectivity index (χ0) is 11.4. The molecule has 1 aromatic rings. The Morgan fingerprint density at radius 1 is 1.44 bits per heavy atom. The maximum atomic E-state index is 12.0. The first-order chi connectivity index (χ1) is 7.83. The monoisotopic (exact) mass is 255 g/mol. The Hall–Kier alpha value is -0.670. The molecule has 0 N–H and O–H groups in total. The van der Waals surface area contributed by atoms with E-state index in [4.69, 9.17) is 11.6 Å². The Bertz CT molecular complexity index is 383. The predicted octanol–water partition coefficient (Wildman–Crippen LogP) is 3.14. The van der Waals surface area contributed by atoms with Crippen molar-refractivity contribution in [2.75, 3.05) is 23.1 Å². The van der Waals surface area contributed by atoms with Crippen LogP contribution in [0.2, 0.25) is 0 Å². The number of carbonyl (C=O) groups excluding carboxylic acids is 1.